The van der Waals surface area contributed by atoms with Crippen LogP contribution in [0.5, 0.6) is 0 Å². The van der Waals surface area contributed by atoms with Gasteiger partial charge in [0.25, 0.3) is 0 Å². The molecule has 1 aromatic heterocycles. The van der Waals surface area contributed by atoms with E-state index in [-0.39, 0.29) is 12.5 Å². The second-order valence-corrected chi connectivity index (χ2v) is 2.25. The Labute approximate surface area is 64.0 Å². The van der Waals surface area contributed by atoms with Gasteiger partial charge in [-0.2, -0.15) is 5.10 Å². The second-order valence-electron chi connectivity index (χ2n) is 2.25. The summed E-state index contributed by atoms with van der Waals surface area (Å²) in [6.07, 6.45) is 1.25. The van der Waals surface area contributed by atoms with E-state index in [4.69, 9.17) is 10.5 Å². The van der Waals surface area contributed by atoms with Gasteiger partial charge in [-0.3, -0.25) is 5.10 Å². The van der Waals surface area contributed by atoms with E-state index in [1.165, 1.54) is 6.21 Å². The number of aromatic amines is 1. The predicted molar refractivity (Wildman–Crippen MR) is 39.5 cm³/mol. The fourth-order valence-electron chi connectivity index (χ4n) is 0.659. The van der Waals surface area contributed by atoms with Crippen molar-refractivity contribution in [2.24, 2.45) is 0 Å². The van der Waals surface area contributed by atoms with E-state index < -0.39 is 0 Å². The van der Waals surface area contributed by atoms with Crippen LogP contribution in [0.3, 0.4) is 0 Å². The molecule has 0 radical (unpaired) electrons. The minimum atomic E-state index is -0.141. The third kappa shape index (κ3) is 1.62. The third-order valence-electron chi connectivity index (χ3n) is 1.36. The lowest BCUT2D eigenvalue weighted by Gasteiger charge is -1.94. The molecular formula is C6H10N4O. The molecule has 0 aliphatic rings. The smallest absolute Gasteiger partial charge is 0.158 e. The van der Waals surface area contributed by atoms with E-state index >= 15 is 0 Å². The molecule has 0 fully saturated rings. The fourth-order valence-corrected chi connectivity index (χ4v) is 0.659. The van der Waals surface area contributed by atoms with Crippen LogP contribution in [-0.4, -0.2) is 26.5 Å². The van der Waals surface area contributed by atoms with E-state index in [2.05, 4.69) is 15.2 Å². The lowest BCUT2D eigenvalue weighted by atomic mass is 10.2. The maximum Gasteiger partial charge on any atom is 0.158 e. The van der Waals surface area contributed by atoms with Crippen LogP contribution in [0.4, 0.5) is 0 Å². The predicted octanol–water partition coefficient (Wildman–Crippen LogP) is 0.0501. The minimum Gasteiger partial charge on any atom is -0.388 e. The molecule has 0 saturated heterocycles. The molecule has 0 aromatic carbocycles. The molecule has 11 heavy (non-hydrogen) atoms. The maximum absolute atomic E-state index is 8.61. The van der Waals surface area contributed by atoms with Crippen LogP contribution in [0.25, 0.3) is 0 Å². The lowest BCUT2D eigenvalue weighted by Crippen LogP contribution is -1.96. The van der Waals surface area contributed by atoms with Crippen LogP contribution in [0.2, 0.25) is 0 Å². The van der Waals surface area contributed by atoms with Crippen molar-refractivity contribution >= 4 is 6.21 Å². The molecule has 5 heteroatoms. The molecule has 0 aliphatic carbocycles. The fraction of sp³-hybridized carbons (Fsp3) is 0.500. The topological polar surface area (TPSA) is 85.7 Å². The maximum atomic E-state index is 8.61. The van der Waals surface area contributed by atoms with Gasteiger partial charge in [0.1, 0.15) is 12.4 Å². The molecule has 1 aromatic rings. The Hall–Kier alpha value is -1.23. The van der Waals surface area contributed by atoms with Crippen molar-refractivity contribution in [3.63, 3.8) is 0 Å². The van der Waals surface area contributed by atoms with Gasteiger partial charge in [-0.15, -0.1) is 0 Å². The number of nitrogens with zero attached hydrogens (tertiary/aromatic N) is 2. The molecule has 1 heterocycles. The van der Waals surface area contributed by atoms with Crippen molar-refractivity contribution < 1.29 is 5.11 Å². The van der Waals surface area contributed by atoms with Gasteiger partial charge in [-0.25, -0.2) is 4.98 Å². The number of hydrogen-bond acceptors (Lipinski definition) is 4. The number of rotatable bonds is 3. The monoisotopic (exact) mass is 154 g/mol. The van der Waals surface area contributed by atoms with Crippen LogP contribution in [0.15, 0.2) is 0 Å². The Morgan fingerprint density at radius 1 is 1.82 bits per heavy atom. The van der Waals surface area contributed by atoms with Crippen molar-refractivity contribution in [1.29, 1.82) is 5.41 Å². The van der Waals surface area contributed by atoms with Crippen LogP contribution >= 0.6 is 0 Å². The highest BCUT2D eigenvalue weighted by Gasteiger charge is 2.07. The quantitative estimate of drug-likeness (QED) is 0.538. The summed E-state index contributed by atoms with van der Waals surface area (Å²) in [5, 5.41) is 21.9. The first-order valence-electron chi connectivity index (χ1n) is 3.30. The Morgan fingerprint density at radius 2 is 2.55 bits per heavy atom. The average molecular weight is 154 g/mol. The Kier molecular flexibility index (Phi) is 2.32. The number of nitrogens with one attached hydrogen (secondary N) is 2. The number of aromatic nitrogens is 3. The highest BCUT2D eigenvalue weighted by atomic mass is 16.3. The van der Waals surface area contributed by atoms with Crippen LogP contribution < -0.4 is 0 Å². The summed E-state index contributed by atoms with van der Waals surface area (Å²) in [5.74, 6) is 0.893. The van der Waals surface area contributed by atoms with Crippen LogP contribution in [-0.2, 0) is 6.61 Å². The van der Waals surface area contributed by atoms with Crippen molar-refractivity contribution in [2.75, 3.05) is 0 Å². The molecule has 0 bridgehead atoms. The zero-order valence-electron chi connectivity index (χ0n) is 6.20. The molecule has 5 nitrogen and oxygen atoms in total. The van der Waals surface area contributed by atoms with E-state index in [0.717, 1.165) is 0 Å². The molecule has 0 amide bonds. The van der Waals surface area contributed by atoms with Crippen molar-refractivity contribution in [1.82, 2.24) is 15.2 Å². The van der Waals surface area contributed by atoms with Gasteiger partial charge in [0, 0.05) is 6.21 Å². The zero-order chi connectivity index (χ0) is 8.27. The largest absolute Gasteiger partial charge is 0.388 e. The summed E-state index contributed by atoms with van der Waals surface area (Å²) in [6, 6.07) is 0. The third-order valence-corrected chi connectivity index (χ3v) is 1.36. The Morgan fingerprint density at radius 3 is 3.00 bits per heavy atom. The summed E-state index contributed by atoms with van der Waals surface area (Å²) >= 11 is 0. The summed E-state index contributed by atoms with van der Waals surface area (Å²) in [7, 11) is 0. The van der Waals surface area contributed by atoms with E-state index in [9.17, 15) is 0 Å². The minimum absolute atomic E-state index is 0.0912. The summed E-state index contributed by atoms with van der Waals surface area (Å²) < 4.78 is 0. The highest BCUT2D eigenvalue weighted by Crippen LogP contribution is 2.05. The molecule has 0 spiro atoms. The van der Waals surface area contributed by atoms with Crippen LogP contribution in [0.1, 0.15) is 24.5 Å². The van der Waals surface area contributed by atoms with Gasteiger partial charge in [0.2, 0.25) is 0 Å². The second kappa shape index (κ2) is 3.25. The van der Waals surface area contributed by atoms with Gasteiger partial charge in [-0.1, -0.05) is 6.92 Å². The summed E-state index contributed by atoms with van der Waals surface area (Å²) in [6.45, 7) is 1.68. The summed E-state index contributed by atoms with van der Waals surface area (Å²) in [5.41, 5.74) is 0. The number of aliphatic hydroxyl groups excluding tert-OH is 1. The molecule has 1 unspecified atom stereocenters. The number of H-pyrrole nitrogens is 1. The van der Waals surface area contributed by atoms with Crippen molar-refractivity contribution in [2.45, 2.75) is 19.4 Å². The molecule has 60 valence electrons. The SMILES string of the molecule is CC(C=N)c1n[nH]c(CO)n1. The first-order valence-corrected chi connectivity index (χ1v) is 3.30. The van der Waals surface area contributed by atoms with E-state index in [1.807, 2.05) is 6.92 Å². The normalized spacial score (nSPS) is 12.9. The standard InChI is InChI=1S/C6H10N4O/c1-4(2-7)6-8-5(3-11)9-10-6/h2,4,7,11H,3H2,1H3,(H,8,9,10). The van der Waals surface area contributed by atoms with E-state index in [1.54, 1.807) is 0 Å². The highest BCUT2D eigenvalue weighted by molar-refractivity contribution is 5.61. The molecule has 0 aliphatic heterocycles. The molecule has 1 atom stereocenters. The first-order chi connectivity index (χ1) is 5.27. The Balaban J connectivity index is 2.79. The Bertz CT molecular complexity index is 244. The van der Waals surface area contributed by atoms with Gasteiger partial charge in [0.05, 0.1) is 5.92 Å². The van der Waals surface area contributed by atoms with Crippen molar-refractivity contribution in [3.05, 3.63) is 11.6 Å². The van der Waals surface area contributed by atoms with Crippen LogP contribution in [0, 0.1) is 5.41 Å². The van der Waals surface area contributed by atoms with E-state index in [0.29, 0.717) is 11.6 Å². The van der Waals surface area contributed by atoms with Gasteiger partial charge in [-0.05, 0) is 0 Å². The van der Waals surface area contributed by atoms with Gasteiger partial charge < -0.3 is 10.5 Å². The summed E-state index contributed by atoms with van der Waals surface area (Å²) in [4.78, 5) is 3.93. The van der Waals surface area contributed by atoms with Gasteiger partial charge >= 0.3 is 0 Å². The zero-order valence-corrected chi connectivity index (χ0v) is 6.20. The van der Waals surface area contributed by atoms with Gasteiger partial charge in [0.15, 0.2) is 5.82 Å². The molecule has 3 N–H and O–H groups in total. The average Bonchev–Trinajstić information content (AvgIpc) is 2.50. The number of aliphatic hydroxyl groups is 1. The first kappa shape index (κ1) is 7.87. The molecular weight excluding hydrogens is 144 g/mol. The van der Waals surface area contributed by atoms with Crippen molar-refractivity contribution in [3.8, 4) is 0 Å². The molecule has 1 rings (SSSR count). The lowest BCUT2D eigenvalue weighted by molar-refractivity contribution is 0.271. The number of hydrogen-bond donors (Lipinski definition) is 3. The molecule has 0 saturated carbocycles.